The number of hydrogen-bond donors (Lipinski definition) is 0. The summed E-state index contributed by atoms with van der Waals surface area (Å²) in [4.78, 5) is 13.9. The summed E-state index contributed by atoms with van der Waals surface area (Å²) in [5, 5.41) is 1.89. The molecule has 3 heterocycles. The lowest BCUT2D eigenvalue weighted by atomic mass is 9.87. The van der Waals surface area contributed by atoms with Gasteiger partial charge >= 0.3 is 0 Å². The average Bonchev–Trinajstić information content (AvgIpc) is 3.14. The van der Waals surface area contributed by atoms with Gasteiger partial charge in [0.05, 0.1) is 5.52 Å². The third kappa shape index (κ3) is 2.48. The van der Waals surface area contributed by atoms with E-state index in [1.165, 1.54) is 5.56 Å². The Bertz CT molecular complexity index is 1220. The van der Waals surface area contributed by atoms with Crippen LogP contribution < -0.4 is 0 Å². The zero-order valence-electron chi connectivity index (χ0n) is 15.5. The zero-order valence-corrected chi connectivity index (χ0v) is 15.5. The monoisotopic (exact) mass is 353 g/mol. The molecule has 5 rings (SSSR count). The molecule has 0 unspecified atom stereocenters. The number of pyridine rings is 2. The fraction of sp³-hybridized carbons (Fsp3) is 0.174. The largest absolute Gasteiger partial charge is 0.435 e. The van der Waals surface area contributed by atoms with Gasteiger partial charge in [-0.15, -0.1) is 0 Å². The van der Waals surface area contributed by atoms with Gasteiger partial charge in [-0.25, -0.2) is 4.98 Å². The highest BCUT2D eigenvalue weighted by Crippen LogP contribution is 2.35. The van der Waals surface area contributed by atoms with Crippen LogP contribution in [0.2, 0.25) is 0 Å². The number of nitrogens with zero attached hydrogens (tertiary/aromatic N) is 3. The van der Waals surface area contributed by atoms with Gasteiger partial charge in [0, 0.05) is 28.7 Å². The van der Waals surface area contributed by atoms with Gasteiger partial charge in [0.2, 0.25) is 5.89 Å². The summed E-state index contributed by atoms with van der Waals surface area (Å²) in [5.41, 5.74) is 5.64. The van der Waals surface area contributed by atoms with Crippen molar-refractivity contribution >= 4 is 32.9 Å². The maximum absolute atomic E-state index is 6.22. The van der Waals surface area contributed by atoms with Gasteiger partial charge in [-0.2, -0.15) is 0 Å². The van der Waals surface area contributed by atoms with E-state index in [1.54, 1.807) is 12.4 Å². The first-order chi connectivity index (χ1) is 13.0. The first kappa shape index (κ1) is 15.9. The van der Waals surface area contributed by atoms with Crippen LogP contribution in [-0.2, 0) is 5.41 Å². The minimum Gasteiger partial charge on any atom is -0.435 e. The van der Waals surface area contributed by atoms with Gasteiger partial charge in [-0.1, -0.05) is 32.9 Å². The highest BCUT2D eigenvalue weighted by Gasteiger charge is 2.18. The molecule has 0 bridgehead atoms. The first-order valence-corrected chi connectivity index (χ1v) is 9.05. The molecular weight excluding hydrogens is 334 g/mol. The standard InChI is InChI=1S/C23H19N3O/c1-23(2,3)15-10-8-14(9-11-15)22-26-20-16-6-4-12-24-18(16)19-17(21(20)27-22)7-5-13-25-19/h4-13H,1-3H3. The van der Waals surface area contributed by atoms with Crippen LogP contribution in [0.1, 0.15) is 26.3 Å². The Hall–Kier alpha value is -3.27. The average molecular weight is 353 g/mol. The van der Waals surface area contributed by atoms with Crippen molar-refractivity contribution in [3.8, 4) is 11.5 Å². The van der Waals surface area contributed by atoms with E-state index in [2.05, 4.69) is 55.0 Å². The number of fused-ring (bicyclic) bond motifs is 6. The molecule has 4 nitrogen and oxygen atoms in total. The zero-order chi connectivity index (χ0) is 18.6. The summed E-state index contributed by atoms with van der Waals surface area (Å²) in [5.74, 6) is 0.618. The molecule has 0 aliphatic heterocycles. The number of aromatic nitrogens is 3. The van der Waals surface area contributed by atoms with Crippen molar-refractivity contribution in [2.75, 3.05) is 0 Å². The van der Waals surface area contributed by atoms with E-state index in [-0.39, 0.29) is 5.41 Å². The van der Waals surface area contributed by atoms with E-state index >= 15 is 0 Å². The van der Waals surface area contributed by atoms with Gasteiger partial charge in [0.15, 0.2) is 5.58 Å². The molecule has 0 fully saturated rings. The van der Waals surface area contributed by atoms with Crippen molar-refractivity contribution in [3.05, 3.63) is 66.5 Å². The van der Waals surface area contributed by atoms with Crippen molar-refractivity contribution in [1.29, 1.82) is 0 Å². The highest BCUT2D eigenvalue weighted by molar-refractivity contribution is 6.20. The van der Waals surface area contributed by atoms with Crippen LogP contribution in [-0.4, -0.2) is 15.0 Å². The predicted molar refractivity (Wildman–Crippen MR) is 109 cm³/mol. The third-order valence-corrected chi connectivity index (χ3v) is 4.96. The minimum atomic E-state index is 0.115. The highest BCUT2D eigenvalue weighted by atomic mass is 16.3. The van der Waals surface area contributed by atoms with Crippen LogP contribution in [0.15, 0.2) is 65.3 Å². The lowest BCUT2D eigenvalue weighted by Gasteiger charge is -2.18. The van der Waals surface area contributed by atoms with Crippen LogP contribution in [0.25, 0.3) is 44.4 Å². The summed E-state index contributed by atoms with van der Waals surface area (Å²) in [6, 6.07) is 16.3. The molecule has 5 aromatic rings. The van der Waals surface area contributed by atoms with E-state index in [0.29, 0.717) is 5.89 Å². The quantitative estimate of drug-likeness (QED) is 0.353. The summed E-state index contributed by atoms with van der Waals surface area (Å²) in [6.07, 6.45) is 3.57. The first-order valence-electron chi connectivity index (χ1n) is 9.05. The van der Waals surface area contributed by atoms with Crippen molar-refractivity contribution in [2.24, 2.45) is 0 Å². The SMILES string of the molecule is CC(C)(C)c1ccc(-c2nc3c4cccnc4c4ncccc4c3o2)cc1. The maximum atomic E-state index is 6.22. The number of oxazole rings is 1. The second kappa shape index (κ2) is 5.61. The van der Waals surface area contributed by atoms with Crippen molar-refractivity contribution in [1.82, 2.24) is 15.0 Å². The molecule has 0 spiro atoms. The van der Waals surface area contributed by atoms with Gasteiger partial charge in [0.25, 0.3) is 0 Å². The molecule has 0 atom stereocenters. The lowest BCUT2D eigenvalue weighted by molar-refractivity contribution is 0.589. The minimum absolute atomic E-state index is 0.115. The molecular formula is C23H19N3O. The van der Waals surface area contributed by atoms with Gasteiger partial charge < -0.3 is 4.42 Å². The molecule has 0 radical (unpaired) electrons. The second-order valence-electron chi connectivity index (χ2n) is 7.82. The molecule has 0 aliphatic carbocycles. The molecule has 132 valence electrons. The topological polar surface area (TPSA) is 51.8 Å². The van der Waals surface area contributed by atoms with E-state index in [0.717, 1.165) is 38.5 Å². The Morgan fingerprint density at radius 2 is 1.37 bits per heavy atom. The van der Waals surface area contributed by atoms with E-state index < -0.39 is 0 Å². The predicted octanol–water partition coefficient (Wildman–Crippen LogP) is 5.89. The van der Waals surface area contributed by atoms with Crippen LogP contribution in [0.5, 0.6) is 0 Å². The van der Waals surface area contributed by atoms with Crippen LogP contribution in [0, 0.1) is 0 Å². The summed E-state index contributed by atoms with van der Waals surface area (Å²) < 4.78 is 6.22. The molecule has 0 saturated heterocycles. The van der Waals surface area contributed by atoms with Gasteiger partial charge in [-0.3, -0.25) is 9.97 Å². The van der Waals surface area contributed by atoms with E-state index in [4.69, 9.17) is 9.40 Å². The van der Waals surface area contributed by atoms with E-state index in [9.17, 15) is 0 Å². The van der Waals surface area contributed by atoms with E-state index in [1.807, 2.05) is 24.3 Å². The number of rotatable bonds is 1. The molecule has 0 saturated carbocycles. The Balaban J connectivity index is 1.79. The number of benzene rings is 2. The van der Waals surface area contributed by atoms with Crippen LogP contribution in [0.3, 0.4) is 0 Å². The Morgan fingerprint density at radius 1 is 0.741 bits per heavy atom. The molecule has 4 heteroatoms. The Morgan fingerprint density at radius 3 is 2.04 bits per heavy atom. The Kier molecular flexibility index (Phi) is 3.31. The second-order valence-corrected chi connectivity index (χ2v) is 7.82. The van der Waals surface area contributed by atoms with Crippen LogP contribution in [0.4, 0.5) is 0 Å². The van der Waals surface area contributed by atoms with Crippen LogP contribution >= 0.6 is 0 Å². The molecule has 0 aliphatic rings. The Labute approximate surface area is 156 Å². The van der Waals surface area contributed by atoms with Gasteiger partial charge in [0.1, 0.15) is 11.0 Å². The molecule has 2 aromatic carbocycles. The summed E-state index contributed by atoms with van der Waals surface area (Å²) in [7, 11) is 0. The third-order valence-electron chi connectivity index (χ3n) is 4.96. The molecule has 0 N–H and O–H groups in total. The van der Waals surface area contributed by atoms with Gasteiger partial charge in [-0.05, 0) is 47.4 Å². The van der Waals surface area contributed by atoms with Crippen molar-refractivity contribution in [3.63, 3.8) is 0 Å². The molecule has 3 aromatic heterocycles. The lowest BCUT2D eigenvalue weighted by Crippen LogP contribution is -2.10. The fourth-order valence-corrected chi connectivity index (χ4v) is 3.48. The summed E-state index contributed by atoms with van der Waals surface area (Å²) in [6.45, 7) is 6.62. The summed E-state index contributed by atoms with van der Waals surface area (Å²) >= 11 is 0. The smallest absolute Gasteiger partial charge is 0.227 e. The van der Waals surface area contributed by atoms with Crippen molar-refractivity contribution in [2.45, 2.75) is 26.2 Å². The fourth-order valence-electron chi connectivity index (χ4n) is 3.48. The maximum Gasteiger partial charge on any atom is 0.227 e. The molecule has 27 heavy (non-hydrogen) atoms. The van der Waals surface area contributed by atoms with Crippen molar-refractivity contribution < 1.29 is 4.42 Å². The normalized spacial score (nSPS) is 12.3. The number of hydrogen-bond acceptors (Lipinski definition) is 4. The molecule has 0 amide bonds.